The Morgan fingerprint density at radius 3 is 2.38 bits per heavy atom. The normalized spacial score (nSPS) is 15.0. The molecule has 2 aromatic carbocycles. The Morgan fingerprint density at radius 2 is 1.77 bits per heavy atom. The Bertz CT molecular complexity index is 864. The summed E-state index contributed by atoms with van der Waals surface area (Å²) in [5.74, 6) is 0.283. The Balaban J connectivity index is 1.80. The number of benzene rings is 2. The number of methoxy groups -OCH3 is 1. The molecular weight excluding hydrogens is 394 g/mol. The van der Waals surface area contributed by atoms with Gasteiger partial charge in [0.15, 0.2) is 0 Å². The van der Waals surface area contributed by atoms with E-state index >= 15 is 0 Å². The SMILES string of the molecule is COc1ccc(Br)c2c1/C(=N\OC(=O)c1ccc(C(C)(C)C)cc1)CC2. The molecule has 5 heteroatoms. The van der Waals surface area contributed by atoms with Crippen LogP contribution >= 0.6 is 15.9 Å². The smallest absolute Gasteiger partial charge is 0.365 e. The minimum atomic E-state index is -0.458. The Kier molecular flexibility index (Phi) is 5.19. The summed E-state index contributed by atoms with van der Waals surface area (Å²) in [7, 11) is 1.63. The van der Waals surface area contributed by atoms with E-state index < -0.39 is 5.97 Å². The van der Waals surface area contributed by atoms with Gasteiger partial charge in [0.2, 0.25) is 0 Å². The fourth-order valence-corrected chi connectivity index (χ4v) is 3.58. The van der Waals surface area contributed by atoms with Crippen LogP contribution in [0.4, 0.5) is 0 Å². The molecular formula is C21H22BrNO3. The topological polar surface area (TPSA) is 47.9 Å². The predicted octanol–water partition coefficient (Wildman–Crippen LogP) is 5.26. The van der Waals surface area contributed by atoms with E-state index in [2.05, 4.69) is 41.9 Å². The molecule has 26 heavy (non-hydrogen) atoms. The number of carbonyl (C=O) groups is 1. The van der Waals surface area contributed by atoms with E-state index in [1.807, 2.05) is 24.3 Å². The summed E-state index contributed by atoms with van der Waals surface area (Å²) in [6, 6.07) is 11.3. The highest BCUT2D eigenvalue weighted by atomic mass is 79.9. The third kappa shape index (κ3) is 3.68. The quantitative estimate of drug-likeness (QED) is 0.507. The molecule has 0 amide bonds. The van der Waals surface area contributed by atoms with E-state index in [9.17, 15) is 4.79 Å². The maximum Gasteiger partial charge on any atom is 0.365 e. The molecule has 0 N–H and O–H groups in total. The van der Waals surface area contributed by atoms with Gasteiger partial charge in [-0.3, -0.25) is 0 Å². The highest BCUT2D eigenvalue weighted by Crippen LogP contribution is 2.36. The Labute approximate surface area is 162 Å². The van der Waals surface area contributed by atoms with Crippen LogP contribution in [0.25, 0.3) is 0 Å². The first-order valence-electron chi connectivity index (χ1n) is 8.55. The van der Waals surface area contributed by atoms with E-state index in [0.29, 0.717) is 12.0 Å². The van der Waals surface area contributed by atoms with Crippen molar-refractivity contribution in [3.63, 3.8) is 0 Å². The van der Waals surface area contributed by atoms with Gasteiger partial charge in [0.05, 0.1) is 18.4 Å². The Hall–Kier alpha value is -2.14. The lowest BCUT2D eigenvalue weighted by Crippen LogP contribution is -2.11. The second-order valence-corrected chi connectivity index (χ2v) is 8.20. The first-order chi connectivity index (χ1) is 12.3. The lowest BCUT2D eigenvalue weighted by Gasteiger charge is -2.18. The van der Waals surface area contributed by atoms with Crippen LogP contribution in [0.3, 0.4) is 0 Å². The number of ether oxygens (including phenoxy) is 1. The molecule has 0 heterocycles. The number of fused-ring (bicyclic) bond motifs is 1. The molecule has 0 radical (unpaired) electrons. The first-order valence-corrected chi connectivity index (χ1v) is 9.35. The van der Waals surface area contributed by atoms with Gasteiger partial charge in [0, 0.05) is 10.0 Å². The third-order valence-corrected chi connectivity index (χ3v) is 5.31. The van der Waals surface area contributed by atoms with Crippen molar-refractivity contribution in [1.29, 1.82) is 0 Å². The standard InChI is InChI=1S/C21H22BrNO3/c1-21(2,3)14-7-5-13(6-8-14)20(24)26-23-17-11-9-15-16(22)10-12-18(25-4)19(15)17/h5-8,10,12H,9,11H2,1-4H3/b23-17-. The van der Waals surface area contributed by atoms with E-state index in [1.54, 1.807) is 19.2 Å². The van der Waals surface area contributed by atoms with E-state index in [1.165, 1.54) is 5.56 Å². The van der Waals surface area contributed by atoms with Gasteiger partial charge in [-0.25, -0.2) is 4.79 Å². The second kappa shape index (κ2) is 7.23. The largest absolute Gasteiger partial charge is 0.496 e. The fourth-order valence-electron chi connectivity index (χ4n) is 3.05. The van der Waals surface area contributed by atoms with Gasteiger partial charge in [-0.2, -0.15) is 0 Å². The highest BCUT2D eigenvalue weighted by Gasteiger charge is 2.25. The summed E-state index contributed by atoms with van der Waals surface area (Å²) in [5, 5.41) is 4.13. The number of halogens is 1. The van der Waals surface area contributed by atoms with Crippen LogP contribution < -0.4 is 4.74 Å². The number of hydrogen-bond donors (Lipinski definition) is 0. The molecule has 1 aliphatic carbocycles. The maximum absolute atomic E-state index is 12.3. The lowest BCUT2D eigenvalue weighted by atomic mass is 9.87. The molecule has 0 saturated carbocycles. The average molecular weight is 416 g/mol. The molecule has 0 unspecified atom stereocenters. The summed E-state index contributed by atoms with van der Waals surface area (Å²) in [6.45, 7) is 6.40. The summed E-state index contributed by atoms with van der Waals surface area (Å²) < 4.78 is 6.45. The van der Waals surface area contributed by atoms with Crippen LogP contribution in [0.1, 0.15) is 54.2 Å². The zero-order valence-corrected chi connectivity index (χ0v) is 17.0. The van der Waals surface area contributed by atoms with Crippen LogP contribution in [-0.2, 0) is 16.7 Å². The van der Waals surface area contributed by atoms with Crippen molar-refractivity contribution < 1.29 is 14.4 Å². The van der Waals surface area contributed by atoms with Crippen molar-refractivity contribution in [2.75, 3.05) is 7.11 Å². The second-order valence-electron chi connectivity index (χ2n) is 7.35. The molecule has 0 aliphatic heterocycles. The zero-order chi connectivity index (χ0) is 18.9. The summed E-state index contributed by atoms with van der Waals surface area (Å²) in [4.78, 5) is 17.5. The maximum atomic E-state index is 12.3. The zero-order valence-electron chi connectivity index (χ0n) is 15.4. The number of carbonyl (C=O) groups excluding carboxylic acids is 1. The van der Waals surface area contributed by atoms with Gasteiger partial charge >= 0.3 is 5.97 Å². The molecule has 0 saturated heterocycles. The third-order valence-electron chi connectivity index (χ3n) is 4.56. The molecule has 0 aromatic heterocycles. The van der Waals surface area contributed by atoms with Crippen molar-refractivity contribution in [3.05, 3.63) is 63.1 Å². The van der Waals surface area contributed by atoms with Crippen LogP contribution in [0.15, 0.2) is 46.0 Å². The van der Waals surface area contributed by atoms with Crippen molar-refractivity contribution in [3.8, 4) is 5.75 Å². The van der Waals surface area contributed by atoms with E-state index in [-0.39, 0.29) is 5.41 Å². The van der Waals surface area contributed by atoms with E-state index in [0.717, 1.165) is 33.5 Å². The Morgan fingerprint density at radius 1 is 1.08 bits per heavy atom. The number of nitrogens with zero attached hydrogens (tertiary/aromatic N) is 1. The van der Waals surface area contributed by atoms with Crippen LogP contribution in [0.2, 0.25) is 0 Å². The minimum Gasteiger partial charge on any atom is -0.496 e. The van der Waals surface area contributed by atoms with Gasteiger partial charge in [-0.15, -0.1) is 0 Å². The molecule has 0 fully saturated rings. The first kappa shape index (κ1) is 18.6. The average Bonchev–Trinajstić information content (AvgIpc) is 3.04. The lowest BCUT2D eigenvalue weighted by molar-refractivity contribution is 0.0516. The van der Waals surface area contributed by atoms with Gasteiger partial charge in [0.1, 0.15) is 5.75 Å². The monoisotopic (exact) mass is 415 g/mol. The van der Waals surface area contributed by atoms with E-state index in [4.69, 9.17) is 9.57 Å². The number of oxime groups is 1. The highest BCUT2D eigenvalue weighted by molar-refractivity contribution is 9.10. The summed E-state index contributed by atoms with van der Waals surface area (Å²) >= 11 is 3.56. The van der Waals surface area contributed by atoms with Gasteiger partial charge in [-0.1, -0.05) is 54.0 Å². The molecule has 1 aliphatic rings. The van der Waals surface area contributed by atoms with Crippen molar-refractivity contribution in [2.24, 2.45) is 5.16 Å². The van der Waals surface area contributed by atoms with Gasteiger partial charge < -0.3 is 9.57 Å². The summed E-state index contributed by atoms with van der Waals surface area (Å²) in [6.07, 6.45) is 1.55. The predicted molar refractivity (Wildman–Crippen MR) is 106 cm³/mol. The van der Waals surface area contributed by atoms with Crippen molar-refractivity contribution >= 4 is 27.6 Å². The molecule has 136 valence electrons. The van der Waals surface area contributed by atoms with Gasteiger partial charge in [-0.05, 0) is 53.6 Å². The fraction of sp³-hybridized carbons (Fsp3) is 0.333. The molecule has 0 bridgehead atoms. The molecule has 4 nitrogen and oxygen atoms in total. The van der Waals surface area contributed by atoms with Crippen molar-refractivity contribution in [1.82, 2.24) is 0 Å². The molecule has 3 rings (SSSR count). The number of hydrogen-bond acceptors (Lipinski definition) is 4. The van der Waals surface area contributed by atoms with Crippen LogP contribution in [-0.4, -0.2) is 18.8 Å². The van der Waals surface area contributed by atoms with Crippen LogP contribution in [0, 0.1) is 0 Å². The number of rotatable bonds is 3. The van der Waals surface area contributed by atoms with Crippen molar-refractivity contribution in [2.45, 2.75) is 39.0 Å². The molecule has 0 atom stereocenters. The summed E-state index contributed by atoms with van der Waals surface area (Å²) in [5.41, 5.74) is 4.48. The van der Waals surface area contributed by atoms with Crippen LogP contribution in [0.5, 0.6) is 5.75 Å². The molecule has 2 aromatic rings. The molecule has 0 spiro atoms. The van der Waals surface area contributed by atoms with Gasteiger partial charge in [0.25, 0.3) is 0 Å². The minimum absolute atomic E-state index is 0.0418.